The van der Waals surface area contributed by atoms with Gasteiger partial charge in [-0.15, -0.1) is 11.3 Å². The van der Waals surface area contributed by atoms with Crippen molar-refractivity contribution >= 4 is 33.7 Å². The number of anilines is 1. The average Bonchev–Trinajstić information content (AvgIpc) is 3.53. The Kier molecular flexibility index (Phi) is 4.70. The lowest BCUT2D eigenvalue weighted by Crippen LogP contribution is -2.12. The second-order valence-electron chi connectivity index (χ2n) is 6.18. The summed E-state index contributed by atoms with van der Waals surface area (Å²) in [5, 5.41) is 13.1. The molecular weight excluding hydrogens is 412 g/mol. The van der Waals surface area contributed by atoms with Gasteiger partial charge in [-0.1, -0.05) is 5.16 Å². The quantitative estimate of drug-likeness (QED) is 0.493. The molecule has 0 saturated carbocycles. The Hall–Kier alpha value is -3.24. The predicted molar refractivity (Wildman–Crippen MR) is 108 cm³/mol. The SMILES string of the molecule is O=C(CCc1nc(-c2ccsc2)no1)Nc1nc(-c2ccc3c(c2)OCO3)cs1. The van der Waals surface area contributed by atoms with Gasteiger partial charge in [0.05, 0.1) is 5.69 Å². The normalized spacial score (nSPS) is 12.3. The van der Waals surface area contributed by atoms with Crippen LogP contribution >= 0.6 is 22.7 Å². The van der Waals surface area contributed by atoms with Crippen LogP contribution in [0.25, 0.3) is 22.6 Å². The lowest BCUT2D eigenvalue weighted by molar-refractivity contribution is -0.116. The molecule has 1 aromatic carbocycles. The van der Waals surface area contributed by atoms with Crippen LogP contribution in [-0.2, 0) is 11.2 Å². The van der Waals surface area contributed by atoms with Crippen LogP contribution in [0.1, 0.15) is 12.3 Å². The Labute approximate surface area is 173 Å². The minimum absolute atomic E-state index is 0.160. The summed E-state index contributed by atoms with van der Waals surface area (Å²) in [5.74, 6) is 2.23. The molecule has 8 nitrogen and oxygen atoms in total. The highest BCUT2D eigenvalue weighted by Gasteiger charge is 2.16. The molecule has 146 valence electrons. The molecule has 0 saturated heterocycles. The molecule has 29 heavy (non-hydrogen) atoms. The van der Waals surface area contributed by atoms with Crippen molar-refractivity contribution in [1.82, 2.24) is 15.1 Å². The second kappa shape index (κ2) is 7.64. The molecule has 10 heteroatoms. The number of thiazole rings is 1. The number of fused-ring (bicyclic) bond motifs is 1. The van der Waals surface area contributed by atoms with Crippen molar-refractivity contribution in [3.63, 3.8) is 0 Å². The minimum atomic E-state index is -0.160. The molecule has 3 aromatic heterocycles. The van der Waals surface area contributed by atoms with E-state index < -0.39 is 0 Å². The van der Waals surface area contributed by atoms with Crippen LogP contribution in [-0.4, -0.2) is 27.8 Å². The molecule has 0 spiro atoms. The van der Waals surface area contributed by atoms with Gasteiger partial charge in [-0.05, 0) is 29.6 Å². The first kappa shape index (κ1) is 17.8. The number of hydrogen-bond acceptors (Lipinski definition) is 9. The van der Waals surface area contributed by atoms with Crippen LogP contribution in [0, 0.1) is 0 Å². The maximum absolute atomic E-state index is 12.3. The van der Waals surface area contributed by atoms with Crippen molar-refractivity contribution in [2.24, 2.45) is 0 Å². The Balaban J connectivity index is 1.19. The summed E-state index contributed by atoms with van der Waals surface area (Å²) >= 11 is 2.93. The van der Waals surface area contributed by atoms with Crippen molar-refractivity contribution in [3.8, 4) is 34.1 Å². The highest BCUT2D eigenvalue weighted by Crippen LogP contribution is 2.36. The molecule has 0 aliphatic carbocycles. The molecule has 1 N–H and O–H groups in total. The lowest BCUT2D eigenvalue weighted by atomic mass is 10.1. The zero-order chi connectivity index (χ0) is 19.6. The van der Waals surface area contributed by atoms with Gasteiger partial charge in [0.1, 0.15) is 0 Å². The summed E-state index contributed by atoms with van der Waals surface area (Å²) in [6.45, 7) is 0.228. The van der Waals surface area contributed by atoms with Gasteiger partial charge in [-0.3, -0.25) is 4.79 Å². The second-order valence-corrected chi connectivity index (χ2v) is 7.82. The number of aryl methyl sites for hydroxylation is 1. The van der Waals surface area contributed by atoms with Crippen molar-refractivity contribution < 1.29 is 18.8 Å². The molecular formula is C19H14N4O4S2. The summed E-state index contributed by atoms with van der Waals surface area (Å²) in [5.41, 5.74) is 2.58. The fourth-order valence-corrected chi connectivity index (χ4v) is 4.16. The monoisotopic (exact) mass is 426 g/mol. The smallest absolute Gasteiger partial charge is 0.231 e. The summed E-state index contributed by atoms with van der Waals surface area (Å²) in [7, 11) is 0. The molecule has 1 amide bonds. The Bertz CT molecular complexity index is 1150. The number of carbonyl (C=O) groups excluding carboxylic acids is 1. The van der Waals surface area contributed by atoms with Crippen LogP contribution in [0.15, 0.2) is 44.9 Å². The standard InChI is InChI=1S/C19H14N4O4S2/c24-16(3-4-17-22-18(23-27-17)12-5-6-28-8-12)21-19-20-13(9-29-19)11-1-2-14-15(7-11)26-10-25-14/h1-2,5-9H,3-4,10H2,(H,20,21,24). The van der Waals surface area contributed by atoms with Crippen LogP contribution < -0.4 is 14.8 Å². The number of amides is 1. The topological polar surface area (TPSA) is 99.4 Å². The van der Waals surface area contributed by atoms with E-state index in [1.54, 1.807) is 11.3 Å². The van der Waals surface area contributed by atoms with Gasteiger partial charge in [-0.25, -0.2) is 4.98 Å². The molecule has 0 fully saturated rings. The van der Waals surface area contributed by atoms with Crippen molar-refractivity contribution in [2.75, 3.05) is 12.1 Å². The molecule has 5 rings (SSSR count). The van der Waals surface area contributed by atoms with Gasteiger partial charge in [0.15, 0.2) is 16.6 Å². The van der Waals surface area contributed by atoms with E-state index in [-0.39, 0.29) is 19.1 Å². The van der Waals surface area contributed by atoms with E-state index in [1.807, 2.05) is 40.4 Å². The number of thiophene rings is 1. The maximum atomic E-state index is 12.3. The Morgan fingerprint density at radius 3 is 2.93 bits per heavy atom. The fourth-order valence-electron chi connectivity index (χ4n) is 2.79. The predicted octanol–water partition coefficient (Wildman–Crippen LogP) is 4.22. The Morgan fingerprint density at radius 2 is 2.03 bits per heavy atom. The van der Waals surface area contributed by atoms with Gasteiger partial charge in [0.2, 0.25) is 24.4 Å². The van der Waals surface area contributed by atoms with Crippen LogP contribution in [0.3, 0.4) is 0 Å². The fraction of sp³-hybridized carbons (Fsp3) is 0.158. The number of ether oxygens (including phenoxy) is 2. The van der Waals surface area contributed by atoms with E-state index in [9.17, 15) is 4.79 Å². The van der Waals surface area contributed by atoms with Crippen LogP contribution in [0.2, 0.25) is 0 Å². The summed E-state index contributed by atoms with van der Waals surface area (Å²) in [6, 6.07) is 7.56. The van der Waals surface area contributed by atoms with E-state index in [0.29, 0.717) is 29.0 Å². The lowest BCUT2D eigenvalue weighted by Gasteiger charge is -2.01. The van der Waals surface area contributed by atoms with E-state index in [0.717, 1.165) is 22.6 Å². The summed E-state index contributed by atoms with van der Waals surface area (Å²) in [4.78, 5) is 21.0. The van der Waals surface area contributed by atoms with Gasteiger partial charge < -0.3 is 19.3 Å². The third-order valence-corrected chi connectivity index (χ3v) is 5.67. The van der Waals surface area contributed by atoms with Gasteiger partial charge >= 0.3 is 0 Å². The van der Waals surface area contributed by atoms with Crippen molar-refractivity contribution in [3.05, 3.63) is 46.3 Å². The molecule has 1 aliphatic heterocycles. The molecule has 4 heterocycles. The first-order valence-corrected chi connectivity index (χ1v) is 10.6. The molecule has 0 unspecified atom stereocenters. The number of carbonyl (C=O) groups is 1. The molecule has 0 bridgehead atoms. The number of nitrogens with one attached hydrogen (secondary N) is 1. The first-order chi connectivity index (χ1) is 14.2. The molecule has 0 atom stereocenters. The highest BCUT2D eigenvalue weighted by atomic mass is 32.1. The van der Waals surface area contributed by atoms with Crippen molar-refractivity contribution in [1.29, 1.82) is 0 Å². The van der Waals surface area contributed by atoms with E-state index in [4.69, 9.17) is 14.0 Å². The number of benzene rings is 1. The maximum Gasteiger partial charge on any atom is 0.231 e. The van der Waals surface area contributed by atoms with Crippen LogP contribution in [0.5, 0.6) is 11.5 Å². The van der Waals surface area contributed by atoms with Crippen molar-refractivity contribution in [2.45, 2.75) is 12.8 Å². The number of rotatable bonds is 6. The van der Waals surface area contributed by atoms with E-state index >= 15 is 0 Å². The van der Waals surface area contributed by atoms with E-state index in [2.05, 4.69) is 20.4 Å². The molecule has 4 aromatic rings. The molecule has 1 aliphatic rings. The number of aromatic nitrogens is 3. The minimum Gasteiger partial charge on any atom is -0.454 e. The van der Waals surface area contributed by atoms with Gasteiger partial charge in [0, 0.05) is 34.7 Å². The first-order valence-electron chi connectivity index (χ1n) is 8.75. The summed E-state index contributed by atoms with van der Waals surface area (Å²) < 4.78 is 15.9. The Morgan fingerprint density at radius 1 is 1.10 bits per heavy atom. The highest BCUT2D eigenvalue weighted by molar-refractivity contribution is 7.14. The van der Waals surface area contributed by atoms with E-state index in [1.165, 1.54) is 11.3 Å². The third kappa shape index (κ3) is 3.84. The summed E-state index contributed by atoms with van der Waals surface area (Å²) in [6.07, 6.45) is 0.591. The zero-order valence-corrected chi connectivity index (χ0v) is 16.6. The van der Waals surface area contributed by atoms with Gasteiger partial charge in [0.25, 0.3) is 0 Å². The van der Waals surface area contributed by atoms with Gasteiger partial charge in [-0.2, -0.15) is 16.3 Å². The average molecular weight is 426 g/mol. The molecule has 0 radical (unpaired) electrons. The van der Waals surface area contributed by atoms with Crippen LogP contribution in [0.4, 0.5) is 5.13 Å². The third-order valence-electron chi connectivity index (χ3n) is 4.23. The zero-order valence-electron chi connectivity index (χ0n) is 15.0. The largest absolute Gasteiger partial charge is 0.454 e. The number of hydrogen-bond donors (Lipinski definition) is 1. The number of nitrogens with zero attached hydrogens (tertiary/aromatic N) is 3.